The molecule has 2 heteroatoms. The van der Waals surface area contributed by atoms with Crippen LogP contribution in [0.2, 0.25) is 0 Å². The van der Waals surface area contributed by atoms with Crippen LogP contribution in [0, 0.1) is 5.41 Å². The van der Waals surface area contributed by atoms with E-state index in [0.717, 1.165) is 19.1 Å². The van der Waals surface area contributed by atoms with Gasteiger partial charge in [-0.3, -0.25) is 0 Å². The number of hydrogen-bond acceptors (Lipinski definition) is 1. The zero-order chi connectivity index (χ0) is 8.86. The lowest BCUT2D eigenvalue weighted by Gasteiger charge is -2.35. The molecule has 0 aromatic rings. The SMILES string of the molecule is O=CCCC1(CI)CCCCC1. The summed E-state index contributed by atoms with van der Waals surface area (Å²) in [7, 11) is 0. The Morgan fingerprint density at radius 1 is 1.25 bits per heavy atom. The van der Waals surface area contributed by atoms with Crippen LogP contribution in [0.25, 0.3) is 0 Å². The molecule has 0 unspecified atom stereocenters. The fourth-order valence-electron chi connectivity index (χ4n) is 2.12. The maximum absolute atomic E-state index is 10.3. The van der Waals surface area contributed by atoms with Crippen LogP contribution >= 0.6 is 22.6 Å². The lowest BCUT2D eigenvalue weighted by molar-refractivity contribution is -0.108. The number of halogens is 1. The van der Waals surface area contributed by atoms with Gasteiger partial charge in [-0.25, -0.2) is 0 Å². The number of aldehydes is 1. The Morgan fingerprint density at radius 2 is 1.92 bits per heavy atom. The van der Waals surface area contributed by atoms with Crippen LogP contribution in [0.15, 0.2) is 0 Å². The summed E-state index contributed by atoms with van der Waals surface area (Å²) in [6.45, 7) is 0. The van der Waals surface area contributed by atoms with Crippen LogP contribution in [0.4, 0.5) is 0 Å². The van der Waals surface area contributed by atoms with Gasteiger partial charge >= 0.3 is 0 Å². The first-order chi connectivity index (χ1) is 5.83. The predicted molar refractivity (Wildman–Crippen MR) is 59.7 cm³/mol. The van der Waals surface area contributed by atoms with Gasteiger partial charge in [-0.1, -0.05) is 41.9 Å². The van der Waals surface area contributed by atoms with Gasteiger partial charge in [-0.2, -0.15) is 0 Å². The summed E-state index contributed by atoms with van der Waals surface area (Å²) >= 11 is 2.48. The van der Waals surface area contributed by atoms with E-state index in [4.69, 9.17) is 0 Å². The quantitative estimate of drug-likeness (QED) is 0.438. The maximum atomic E-state index is 10.3. The van der Waals surface area contributed by atoms with Crippen molar-refractivity contribution in [3.63, 3.8) is 0 Å². The van der Waals surface area contributed by atoms with E-state index in [9.17, 15) is 4.79 Å². The Kier molecular flexibility index (Phi) is 4.54. The van der Waals surface area contributed by atoms with Gasteiger partial charge in [-0.15, -0.1) is 0 Å². The van der Waals surface area contributed by atoms with Crippen molar-refractivity contribution in [1.82, 2.24) is 0 Å². The van der Waals surface area contributed by atoms with Crippen molar-refractivity contribution >= 4 is 28.9 Å². The minimum atomic E-state index is 0.528. The minimum Gasteiger partial charge on any atom is -0.303 e. The molecule has 1 aliphatic carbocycles. The second-order valence-corrected chi connectivity index (χ2v) is 4.66. The fraction of sp³-hybridized carbons (Fsp3) is 0.900. The number of hydrogen-bond donors (Lipinski definition) is 0. The Morgan fingerprint density at radius 3 is 2.42 bits per heavy atom. The van der Waals surface area contributed by atoms with Crippen LogP contribution < -0.4 is 0 Å². The molecule has 0 aliphatic heterocycles. The van der Waals surface area contributed by atoms with Crippen LogP contribution in [-0.2, 0) is 4.79 Å². The van der Waals surface area contributed by atoms with E-state index in [2.05, 4.69) is 22.6 Å². The van der Waals surface area contributed by atoms with Crippen LogP contribution in [0.5, 0.6) is 0 Å². The lowest BCUT2D eigenvalue weighted by atomic mass is 9.73. The van der Waals surface area contributed by atoms with E-state index >= 15 is 0 Å². The summed E-state index contributed by atoms with van der Waals surface area (Å²) in [5, 5.41) is 0. The molecule has 70 valence electrons. The Balaban J connectivity index is 2.41. The average molecular weight is 280 g/mol. The Bertz CT molecular complexity index is 139. The highest BCUT2D eigenvalue weighted by Crippen LogP contribution is 2.41. The highest BCUT2D eigenvalue weighted by molar-refractivity contribution is 14.1. The molecule has 0 aromatic carbocycles. The molecule has 0 N–H and O–H groups in total. The molecule has 0 heterocycles. The second-order valence-electron chi connectivity index (χ2n) is 3.90. The van der Waals surface area contributed by atoms with Crippen molar-refractivity contribution in [2.24, 2.45) is 5.41 Å². The third-order valence-corrected chi connectivity index (χ3v) is 4.61. The van der Waals surface area contributed by atoms with E-state index in [1.807, 2.05) is 0 Å². The lowest BCUT2D eigenvalue weighted by Crippen LogP contribution is -2.25. The van der Waals surface area contributed by atoms with E-state index in [0.29, 0.717) is 5.41 Å². The number of alkyl halides is 1. The summed E-state index contributed by atoms with van der Waals surface area (Å²) in [5.74, 6) is 0. The van der Waals surface area contributed by atoms with Gasteiger partial charge in [0.25, 0.3) is 0 Å². The van der Waals surface area contributed by atoms with Crippen molar-refractivity contribution in [3.05, 3.63) is 0 Å². The molecule has 1 rings (SSSR count). The monoisotopic (exact) mass is 280 g/mol. The van der Waals surface area contributed by atoms with Crippen molar-refractivity contribution in [3.8, 4) is 0 Å². The predicted octanol–water partition coefficient (Wildman–Crippen LogP) is 3.35. The third kappa shape index (κ3) is 2.71. The molecule has 0 radical (unpaired) electrons. The van der Waals surface area contributed by atoms with Gasteiger partial charge < -0.3 is 4.79 Å². The summed E-state index contributed by atoms with van der Waals surface area (Å²) in [6, 6.07) is 0. The van der Waals surface area contributed by atoms with Crippen molar-refractivity contribution in [2.75, 3.05) is 4.43 Å². The first-order valence-corrected chi connectivity index (χ1v) is 6.35. The van der Waals surface area contributed by atoms with E-state index in [-0.39, 0.29) is 0 Å². The molecular weight excluding hydrogens is 263 g/mol. The molecule has 12 heavy (non-hydrogen) atoms. The highest BCUT2D eigenvalue weighted by Gasteiger charge is 2.29. The first-order valence-electron chi connectivity index (χ1n) is 4.83. The van der Waals surface area contributed by atoms with E-state index in [1.54, 1.807) is 0 Å². The second kappa shape index (κ2) is 5.20. The zero-order valence-electron chi connectivity index (χ0n) is 7.52. The fourth-order valence-corrected chi connectivity index (χ4v) is 3.26. The van der Waals surface area contributed by atoms with Gasteiger partial charge in [0.2, 0.25) is 0 Å². The van der Waals surface area contributed by atoms with E-state index < -0.39 is 0 Å². The molecular formula is C10H17IO. The van der Waals surface area contributed by atoms with Gasteiger partial charge in [0, 0.05) is 10.8 Å². The molecule has 0 aromatic heterocycles. The van der Waals surface area contributed by atoms with Crippen LogP contribution in [0.1, 0.15) is 44.9 Å². The van der Waals surface area contributed by atoms with Crippen LogP contribution in [-0.4, -0.2) is 10.7 Å². The highest BCUT2D eigenvalue weighted by atomic mass is 127. The topological polar surface area (TPSA) is 17.1 Å². The van der Waals surface area contributed by atoms with E-state index in [1.165, 1.54) is 36.5 Å². The van der Waals surface area contributed by atoms with Gasteiger partial charge in [0.1, 0.15) is 6.29 Å². The molecule has 0 amide bonds. The van der Waals surface area contributed by atoms with Crippen molar-refractivity contribution in [1.29, 1.82) is 0 Å². The largest absolute Gasteiger partial charge is 0.303 e. The van der Waals surface area contributed by atoms with Gasteiger partial charge in [0.15, 0.2) is 0 Å². The molecule has 0 spiro atoms. The summed E-state index contributed by atoms with van der Waals surface area (Å²) < 4.78 is 1.23. The van der Waals surface area contributed by atoms with Crippen molar-refractivity contribution in [2.45, 2.75) is 44.9 Å². The molecule has 1 nitrogen and oxygen atoms in total. The molecule has 1 saturated carbocycles. The Labute approximate surface area is 88.4 Å². The smallest absolute Gasteiger partial charge is 0.120 e. The van der Waals surface area contributed by atoms with Gasteiger partial charge in [-0.05, 0) is 24.7 Å². The van der Waals surface area contributed by atoms with Gasteiger partial charge in [0.05, 0.1) is 0 Å². The summed E-state index contributed by atoms with van der Waals surface area (Å²) in [6.07, 6.45) is 9.82. The molecule has 1 fully saturated rings. The summed E-state index contributed by atoms with van der Waals surface area (Å²) in [4.78, 5) is 10.3. The molecule has 0 bridgehead atoms. The number of carbonyl (C=O) groups is 1. The molecule has 1 aliphatic rings. The normalized spacial score (nSPS) is 22.1. The number of rotatable bonds is 4. The number of carbonyl (C=O) groups excluding carboxylic acids is 1. The average Bonchev–Trinajstić information content (AvgIpc) is 2.16. The molecule has 0 atom stereocenters. The standard InChI is InChI=1S/C10H17IO/c11-9-10(7-4-8-12)5-2-1-3-6-10/h8H,1-7,9H2. The van der Waals surface area contributed by atoms with Crippen LogP contribution in [0.3, 0.4) is 0 Å². The van der Waals surface area contributed by atoms with Crippen molar-refractivity contribution < 1.29 is 4.79 Å². The minimum absolute atomic E-state index is 0.528. The third-order valence-electron chi connectivity index (χ3n) is 2.99. The maximum Gasteiger partial charge on any atom is 0.120 e. The zero-order valence-corrected chi connectivity index (χ0v) is 9.68. The first kappa shape index (κ1) is 10.5. The Hall–Kier alpha value is 0.400. The summed E-state index contributed by atoms with van der Waals surface area (Å²) in [5.41, 5.74) is 0.528. The molecule has 0 saturated heterocycles.